The van der Waals surface area contributed by atoms with Gasteiger partial charge in [-0.2, -0.15) is 0 Å². The molecule has 0 heterocycles. The Balaban J connectivity index is 1.73. The number of rotatable bonds is 4. The Hall–Kier alpha value is -0.860. The van der Waals surface area contributed by atoms with Crippen LogP contribution in [0, 0.1) is 0 Å². The van der Waals surface area contributed by atoms with Gasteiger partial charge in [0.1, 0.15) is 0 Å². The van der Waals surface area contributed by atoms with Crippen LogP contribution in [0.25, 0.3) is 0 Å². The van der Waals surface area contributed by atoms with Crippen LogP contribution in [0.4, 0.5) is 0 Å². The second-order valence-corrected chi connectivity index (χ2v) is 7.53. The number of benzene rings is 1. The molecule has 122 valence electrons. The molecule has 2 saturated carbocycles. The lowest BCUT2D eigenvalue weighted by Crippen LogP contribution is -2.33. The molecule has 1 aromatic rings. The van der Waals surface area contributed by atoms with Crippen molar-refractivity contribution in [2.75, 3.05) is 0 Å². The van der Waals surface area contributed by atoms with E-state index in [2.05, 4.69) is 18.2 Å². The summed E-state index contributed by atoms with van der Waals surface area (Å²) in [5, 5.41) is 21.8. The molecule has 0 amide bonds. The van der Waals surface area contributed by atoms with Crippen LogP contribution in [-0.4, -0.2) is 15.8 Å². The lowest BCUT2D eigenvalue weighted by molar-refractivity contribution is -0.00803. The van der Waals surface area contributed by atoms with Gasteiger partial charge in [-0.15, -0.1) is 0 Å². The zero-order valence-corrected chi connectivity index (χ0v) is 13.7. The van der Waals surface area contributed by atoms with E-state index in [-0.39, 0.29) is 0 Å². The molecular weight excluding hydrogens is 272 g/mol. The van der Waals surface area contributed by atoms with Gasteiger partial charge in [0.05, 0.1) is 11.2 Å². The third kappa shape index (κ3) is 3.55. The topological polar surface area (TPSA) is 40.5 Å². The molecule has 2 N–H and O–H groups in total. The van der Waals surface area contributed by atoms with Gasteiger partial charge in [-0.25, -0.2) is 0 Å². The molecule has 1 aromatic carbocycles. The van der Waals surface area contributed by atoms with Gasteiger partial charge in [0, 0.05) is 0 Å². The largest absolute Gasteiger partial charge is 0.390 e. The van der Waals surface area contributed by atoms with E-state index in [1.807, 2.05) is 6.07 Å². The Bertz CT molecular complexity index is 482. The second kappa shape index (κ2) is 6.72. The van der Waals surface area contributed by atoms with Crippen LogP contribution in [0.1, 0.15) is 81.8 Å². The highest BCUT2D eigenvalue weighted by atomic mass is 16.3. The Labute approximate surface area is 134 Å². The summed E-state index contributed by atoms with van der Waals surface area (Å²) in [5.74, 6) is 0. The highest BCUT2D eigenvalue weighted by Crippen LogP contribution is 2.39. The van der Waals surface area contributed by atoms with E-state index in [4.69, 9.17) is 0 Å². The monoisotopic (exact) mass is 302 g/mol. The molecule has 0 radical (unpaired) electrons. The fourth-order valence-electron chi connectivity index (χ4n) is 4.43. The molecule has 0 atom stereocenters. The van der Waals surface area contributed by atoms with Gasteiger partial charge in [0.25, 0.3) is 0 Å². The van der Waals surface area contributed by atoms with Crippen LogP contribution < -0.4 is 0 Å². The summed E-state index contributed by atoms with van der Waals surface area (Å²) in [4.78, 5) is 0. The molecule has 0 aromatic heterocycles. The number of aryl methyl sites for hydroxylation is 1. The van der Waals surface area contributed by atoms with Crippen molar-refractivity contribution >= 4 is 0 Å². The first-order valence-corrected chi connectivity index (χ1v) is 9.15. The minimum atomic E-state index is -0.635. The lowest BCUT2D eigenvalue weighted by Gasteiger charge is -2.35. The average Bonchev–Trinajstić information content (AvgIpc) is 2.55. The Morgan fingerprint density at radius 3 is 2.05 bits per heavy atom. The Kier molecular flexibility index (Phi) is 4.89. The van der Waals surface area contributed by atoms with Crippen LogP contribution in [0.5, 0.6) is 0 Å². The van der Waals surface area contributed by atoms with Gasteiger partial charge in [0.2, 0.25) is 0 Å². The van der Waals surface area contributed by atoms with E-state index < -0.39 is 11.2 Å². The van der Waals surface area contributed by atoms with Gasteiger partial charge < -0.3 is 10.2 Å². The smallest absolute Gasteiger partial charge is 0.0899 e. The molecule has 0 bridgehead atoms. The fraction of sp³-hybridized carbons (Fsp3) is 0.700. The number of hydrogen-bond acceptors (Lipinski definition) is 2. The van der Waals surface area contributed by atoms with E-state index in [0.717, 1.165) is 69.8 Å². The van der Waals surface area contributed by atoms with Crippen molar-refractivity contribution in [3.05, 3.63) is 35.4 Å². The molecule has 0 spiro atoms. The van der Waals surface area contributed by atoms with Crippen LogP contribution in [-0.2, 0) is 12.0 Å². The maximum atomic E-state index is 11.1. The summed E-state index contributed by atoms with van der Waals surface area (Å²) < 4.78 is 0. The summed E-state index contributed by atoms with van der Waals surface area (Å²) in [6.07, 6.45) is 12.4. The predicted octanol–water partition coefficient (Wildman–Crippen LogP) is 4.47. The molecule has 2 aliphatic rings. The minimum Gasteiger partial charge on any atom is -0.390 e. The van der Waals surface area contributed by atoms with E-state index in [9.17, 15) is 10.2 Å². The first kappa shape index (κ1) is 16.0. The van der Waals surface area contributed by atoms with Crippen molar-refractivity contribution in [1.29, 1.82) is 0 Å². The molecule has 22 heavy (non-hydrogen) atoms. The normalized spacial score (nSPS) is 24.1. The minimum absolute atomic E-state index is 0.472. The number of aliphatic hydroxyl groups is 2. The number of hydrogen-bond donors (Lipinski definition) is 2. The van der Waals surface area contributed by atoms with Gasteiger partial charge in [0.15, 0.2) is 0 Å². The first-order chi connectivity index (χ1) is 10.6. The highest BCUT2D eigenvalue weighted by Gasteiger charge is 2.34. The van der Waals surface area contributed by atoms with E-state index in [1.54, 1.807) is 0 Å². The molecule has 0 aliphatic heterocycles. The SMILES string of the molecule is OC1(CCc2ccccc2C2(O)CCCCC2)CCCCC1. The predicted molar refractivity (Wildman–Crippen MR) is 89.8 cm³/mol. The third-order valence-corrected chi connectivity index (χ3v) is 5.84. The molecule has 0 saturated heterocycles. The standard InChI is InChI=1S/C20H30O2/c21-19(12-5-1-6-13-19)16-11-17-9-3-4-10-18(17)20(22)14-7-2-8-15-20/h3-4,9-10,21-22H,1-2,5-8,11-16H2. The fourth-order valence-corrected chi connectivity index (χ4v) is 4.43. The zero-order valence-electron chi connectivity index (χ0n) is 13.7. The molecule has 2 nitrogen and oxygen atoms in total. The van der Waals surface area contributed by atoms with Gasteiger partial charge >= 0.3 is 0 Å². The Morgan fingerprint density at radius 1 is 0.773 bits per heavy atom. The summed E-state index contributed by atoms with van der Waals surface area (Å²) >= 11 is 0. The third-order valence-electron chi connectivity index (χ3n) is 5.84. The molecule has 3 rings (SSSR count). The molecule has 2 heteroatoms. The Morgan fingerprint density at radius 2 is 1.36 bits per heavy atom. The molecule has 2 aliphatic carbocycles. The van der Waals surface area contributed by atoms with Crippen LogP contribution in [0.2, 0.25) is 0 Å². The van der Waals surface area contributed by atoms with Crippen LogP contribution >= 0.6 is 0 Å². The van der Waals surface area contributed by atoms with Crippen LogP contribution in [0.3, 0.4) is 0 Å². The molecule has 2 fully saturated rings. The van der Waals surface area contributed by atoms with Crippen LogP contribution in [0.15, 0.2) is 24.3 Å². The van der Waals surface area contributed by atoms with Gasteiger partial charge in [-0.05, 0) is 49.7 Å². The van der Waals surface area contributed by atoms with Crippen molar-refractivity contribution < 1.29 is 10.2 Å². The van der Waals surface area contributed by atoms with Gasteiger partial charge in [-0.3, -0.25) is 0 Å². The van der Waals surface area contributed by atoms with E-state index in [1.165, 1.54) is 18.4 Å². The lowest BCUT2D eigenvalue weighted by atomic mass is 9.76. The van der Waals surface area contributed by atoms with Crippen molar-refractivity contribution in [3.8, 4) is 0 Å². The molecule has 0 unspecified atom stereocenters. The van der Waals surface area contributed by atoms with Crippen molar-refractivity contribution in [2.45, 2.75) is 88.3 Å². The summed E-state index contributed by atoms with van der Waals surface area (Å²) in [6.45, 7) is 0. The summed E-state index contributed by atoms with van der Waals surface area (Å²) in [5.41, 5.74) is 1.25. The second-order valence-electron chi connectivity index (χ2n) is 7.53. The highest BCUT2D eigenvalue weighted by molar-refractivity contribution is 5.33. The van der Waals surface area contributed by atoms with E-state index >= 15 is 0 Å². The molecular formula is C20H30O2. The first-order valence-electron chi connectivity index (χ1n) is 9.15. The summed E-state index contributed by atoms with van der Waals surface area (Å²) in [6, 6.07) is 8.36. The quantitative estimate of drug-likeness (QED) is 0.861. The maximum absolute atomic E-state index is 11.1. The van der Waals surface area contributed by atoms with Crippen molar-refractivity contribution in [2.24, 2.45) is 0 Å². The zero-order chi connectivity index (χ0) is 15.5. The maximum Gasteiger partial charge on any atom is 0.0899 e. The summed E-state index contributed by atoms with van der Waals surface area (Å²) in [7, 11) is 0. The van der Waals surface area contributed by atoms with Crippen molar-refractivity contribution in [1.82, 2.24) is 0 Å². The van der Waals surface area contributed by atoms with E-state index in [0.29, 0.717) is 0 Å². The average molecular weight is 302 g/mol. The van der Waals surface area contributed by atoms with Crippen molar-refractivity contribution in [3.63, 3.8) is 0 Å². The van der Waals surface area contributed by atoms with Gasteiger partial charge in [-0.1, -0.05) is 62.8 Å².